The molecule has 0 bridgehead atoms. The van der Waals surface area contributed by atoms with Crippen molar-refractivity contribution >= 4 is 22.9 Å². The molecule has 132 valence electrons. The fourth-order valence-corrected chi connectivity index (χ4v) is 4.18. The van der Waals surface area contributed by atoms with E-state index in [1.165, 1.54) is 5.56 Å². The highest BCUT2D eigenvalue weighted by Crippen LogP contribution is 2.29. The molecule has 1 aliphatic rings. The minimum Gasteiger partial charge on any atom is -0.486 e. The van der Waals surface area contributed by atoms with Crippen molar-refractivity contribution in [3.63, 3.8) is 0 Å². The van der Waals surface area contributed by atoms with Gasteiger partial charge in [-0.05, 0) is 37.1 Å². The fraction of sp³-hybridized carbons (Fsp3) is 0.238. The molecule has 0 spiro atoms. The van der Waals surface area contributed by atoms with Crippen LogP contribution in [-0.2, 0) is 24.2 Å². The largest absolute Gasteiger partial charge is 0.486 e. The number of fused-ring (bicyclic) bond motifs is 1. The Hall–Kier alpha value is -2.66. The van der Waals surface area contributed by atoms with Crippen molar-refractivity contribution in [2.75, 3.05) is 11.4 Å². The number of rotatable bonds is 5. The highest BCUT2D eigenvalue weighted by atomic mass is 32.1. The number of amides is 1. The topological polar surface area (TPSA) is 42.4 Å². The minimum atomic E-state index is 0.136. The molecule has 0 N–H and O–H groups in total. The standard InChI is InChI=1S/C21H20N2O2S/c1-15-19(26-20(22-15)14-25-17-8-3-2-4-9-17)13-21(24)23-12-11-16-7-5-6-10-18(16)23/h2-10H,11-14H2,1H3. The van der Waals surface area contributed by atoms with E-state index in [0.29, 0.717) is 13.0 Å². The van der Waals surface area contributed by atoms with Crippen molar-refractivity contribution in [3.05, 3.63) is 75.7 Å². The number of nitrogens with zero attached hydrogens (tertiary/aromatic N) is 2. The zero-order valence-corrected chi connectivity index (χ0v) is 15.5. The molecule has 1 aromatic heterocycles. The van der Waals surface area contributed by atoms with Gasteiger partial charge in [-0.2, -0.15) is 0 Å². The highest BCUT2D eigenvalue weighted by Gasteiger charge is 2.25. The Kier molecular flexibility index (Phi) is 4.71. The average Bonchev–Trinajstić information content (AvgIpc) is 3.24. The van der Waals surface area contributed by atoms with Crippen LogP contribution < -0.4 is 9.64 Å². The summed E-state index contributed by atoms with van der Waals surface area (Å²) < 4.78 is 5.76. The van der Waals surface area contributed by atoms with Gasteiger partial charge in [-0.25, -0.2) is 4.98 Å². The molecule has 2 heterocycles. The summed E-state index contributed by atoms with van der Waals surface area (Å²) in [6, 6.07) is 17.8. The number of ether oxygens (including phenoxy) is 1. The van der Waals surface area contributed by atoms with Crippen LogP contribution >= 0.6 is 11.3 Å². The second-order valence-electron chi connectivity index (χ2n) is 6.32. The molecule has 4 rings (SSSR count). The number of anilines is 1. The first-order valence-electron chi connectivity index (χ1n) is 8.72. The Morgan fingerprint density at radius 2 is 1.92 bits per heavy atom. The van der Waals surface area contributed by atoms with Crippen molar-refractivity contribution in [3.8, 4) is 5.75 Å². The lowest BCUT2D eigenvalue weighted by Crippen LogP contribution is -2.30. The van der Waals surface area contributed by atoms with Crippen molar-refractivity contribution in [1.29, 1.82) is 0 Å². The van der Waals surface area contributed by atoms with Crippen molar-refractivity contribution in [1.82, 2.24) is 4.98 Å². The number of carbonyl (C=O) groups is 1. The summed E-state index contributed by atoms with van der Waals surface area (Å²) in [6.07, 6.45) is 1.32. The van der Waals surface area contributed by atoms with Gasteiger partial charge in [-0.3, -0.25) is 4.79 Å². The third kappa shape index (κ3) is 3.48. The molecule has 0 saturated carbocycles. The molecular weight excluding hydrogens is 344 g/mol. The van der Waals surface area contributed by atoms with Crippen LogP contribution in [0, 0.1) is 6.92 Å². The van der Waals surface area contributed by atoms with Crippen molar-refractivity contribution < 1.29 is 9.53 Å². The molecule has 26 heavy (non-hydrogen) atoms. The van der Waals surface area contributed by atoms with Gasteiger partial charge in [0.2, 0.25) is 5.91 Å². The Labute approximate surface area is 157 Å². The van der Waals surface area contributed by atoms with Crippen LogP contribution in [0.1, 0.15) is 21.1 Å². The maximum Gasteiger partial charge on any atom is 0.232 e. The fourth-order valence-electron chi connectivity index (χ4n) is 3.21. The Balaban J connectivity index is 1.42. The molecule has 1 aliphatic heterocycles. The van der Waals surface area contributed by atoms with Crippen LogP contribution in [0.4, 0.5) is 5.69 Å². The molecule has 4 nitrogen and oxygen atoms in total. The maximum atomic E-state index is 12.8. The first-order chi connectivity index (χ1) is 12.7. The monoisotopic (exact) mass is 364 g/mol. The summed E-state index contributed by atoms with van der Waals surface area (Å²) in [5.74, 6) is 0.962. The first kappa shape index (κ1) is 16.8. The van der Waals surface area contributed by atoms with Gasteiger partial charge in [0.15, 0.2) is 0 Å². The Morgan fingerprint density at radius 3 is 2.77 bits per heavy atom. The molecule has 0 saturated heterocycles. The van der Waals surface area contributed by atoms with Crippen LogP contribution in [-0.4, -0.2) is 17.4 Å². The van der Waals surface area contributed by atoms with Gasteiger partial charge in [0.05, 0.1) is 12.1 Å². The SMILES string of the molecule is Cc1nc(COc2ccccc2)sc1CC(=O)N1CCc2ccccc21. The molecule has 0 radical (unpaired) electrons. The predicted molar refractivity (Wildman–Crippen MR) is 104 cm³/mol. The van der Waals surface area contributed by atoms with E-state index in [1.54, 1.807) is 11.3 Å². The van der Waals surface area contributed by atoms with Gasteiger partial charge in [0, 0.05) is 17.1 Å². The summed E-state index contributed by atoms with van der Waals surface area (Å²) in [7, 11) is 0. The zero-order valence-electron chi connectivity index (χ0n) is 14.6. The van der Waals surface area contributed by atoms with E-state index < -0.39 is 0 Å². The quantitative estimate of drug-likeness (QED) is 0.683. The summed E-state index contributed by atoms with van der Waals surface area (Å²) in [5.41, 5.74) is 3.22. The normalized spacial score (nSPS) is 12.9. The number of carbonyl (C=O) groups excluding carboxylic acids is 1. The minimum absolute atomic E-state index is 0.136. The van der Waals surface area contributed by atoms with E-state index >= 15 is 0 Å². The molecule has 5 heteroatoms. The van der Waals surface area contributed by atoms with Gasteiger partial charge >= 0.3 is 0 Å². The van der Waals surface area contributed by atoms with E-state index in [-0.39, 0.29) is 5.91 Å². The molecule has 0 atom stereocenters. The molecule has 0 unspecified atom stereocenters. The lowest BCUT2D eigenvalue weighted by molar-refractivity contribution is -0.117. The molecule has 0 aliphatic carbocycles. The number of aryl methyl sites for hydroxylation is 1. The number of benzene rings is 2. The summed E-state index contributed by atoms with van der Waals surface area (Å²) in [6.45, 7) is 3.15. The average molecular weight is 364 g/mol. The Bertz CT molecular complexity index is 921. The van der Waals surface area contributed by atoms with Crippen molar-refractivity contribution in [2.45, 2.75) is 26.4 Å². The van der Waals surface area contributed by atoms with Crippen LogP contribution in [0.3, 0.4) is 0 Å². The van der Waals surface area contributed by atoms with E-state index in [9.17, 15) is 4.79 Å². The molecular formula is C21H20N2O2S. The first-order valence-corrected chi connectivity index (χ1v) is 9.53. The van der Waals surface area contributed by atoms with Gasteiger partial charge in [-0.1, -0.05) is 36.4 Å². The van der Waals surface area contributed by atoms with Crippen LogP contribution in [0.5, 0.6) is 5.75 Å². The Morgan fingerprint density at radius 1 is 1.15 bits per heavy atom. The van der Waals surface area contributed by atoms with Gasteiger partial charge in [0.25, 0.3) is 0 Å². The maximum absolute atomic E-state index is 12.8. The van der Waals surface area contributed by atoms with Crippen LogP contribution in [0.2, 0.25) is 0 Å². The van der Waals surface area contributed by atoms with Gasteiger partial charge in [0.1, 0.15) is 17.4 Å². The second-order valence-corrected chi connectivity index (χ2v) is 7.49. The van der Waals surface area contributed by atoms with E-state index in [4.69, 9.17) is 4.74 Å². The number of hydrogen-bond acceptors (Lipinski definition) is 4. The predicted octanol–water partition coefficient (Wildman–Crippen LogP) is 4.16. The molecule has 1 amide bonds. The highest BCUT2D eigenvalue weighted by molar-refractivity contribution is 7.11. The third-order valence-electron chi connectivity index (χ3n) is 4.54. The molecule has 2 aromatic carbocycles. The summed E-state index contributed by atoms with van der Waals surface area (Å²) >= 11 is 1.56. The second kappa shape index (κ2) is 7.30. The lowest BCUT2D eigenvalue weighted by Gasteiger charge is -2.16. The van der Waals surface area contributed by atoms with Crippen LogP contribution in [0.15, 0.2) is 54.6 Å². The number of aromatic nitrogens is 1. The van der Waals surface area contributed by atoms with Crippen LogP contribution in [0.25, 0.3) is 0 Å². The van der Waals surface area contributed by atoms with Gasteiger partial charge < -0.3 is 9.64 Å². The lowest BCUT2D eigenvalue weighted by atomic mass is 10.2. The summed E-state index contributed by atoms with van der Waals surface area (Å²) in [4.78, 5) is 20.3. The van der Waals surface area contributed by atoms with E-state index in [1.807, 2.05) is 60.4 Å². The third-order valence-corrected chi connectivity index (χ3v) is 5.67. The number of hydrogen-bond donors (Lipinski definition) is 0. The zero-order chi connectivity index (χ0) is 17.9. The van der Waals surface area contributed by atoms with E-state index in [0.717, 1.165) is 40.0 Å². The molecule has 0 fully saturated rings. The van der Waals surface area contributed by atoms with E-state index in [2.05, 4.69) is 11.1 Å². The van der Waals surface area contributed by atoms with Crippen molar-refractivity contribution in [2.24, 2.45) is 0 Å². The smallest absolute Gasteiger partial charge is 0.232 e. The summed E-state index contributed by atoms with van der Waals surface area (Å²) in [5, 5.41) is 0.899. The number of thiazole rings is 1. The molecule has 3 aromatic rings. The number of para-hydroxylation sites is 2. The van der Waals surface area contributed by atoms with Gasteiger partial charge in [-0.15, -0.1) is 11.3 Å².